The molecule has 0 radical (unpaired) electrons. The average Bonchev–Trinajstić information content (AvgIpc) is 3.17. The van der Waals surface area contributed by atoms with E-state index in [4.69, 9.17) is 5.73 Å². The van der Waals surface area contributed by atoms with Crippen molar-refractivity contribution in [2.45, 2.75) is 44.7 Å². The van der Waals surface area contributed by atoms with Gasteiger partial charge in [-0.2, -0.15) is 0 Å². The third kappa shape index (κ3) is 4.04. The van der Waals surface area contributed by atoms with Gasteiger partial charge < -0.3 is 10.6 Å². The molecule has 3 heteroatoms. The van der Waals surface area contributed by atoms with E-state index >= 15 is 0 Å². The Morgan fingerprint density at radius 3 is 2.42 bits per heavy atom. The van der Waals surface area contributed by atoms with Gasteiger partial charge in [0.15, 0.2) is 0 Å². The number of nitrogens with zero attached hydrogens (tertiary/aromatic N) is 1. The van der Waals surface area contributed by atoms with Crippen LogP contribution in [-0.2, 0) is 13.0 Å². The fraction of sp³-hybridized carbons (Fsp3) is 0.381. The predicted octanol–water partition coefficient (Wildman–Crippen LogP) is 3.77. The summed E-state index contributed by atoms with van der Waals surface area (Å²) >= 11 is 0. The fourth-order valence-electron chi connectivity index (χ4n) is 3.56. The number of hydrogen-bond donors (Lipinski definition) is 1. The first-order valence-corrected chi connectivity index (χ1v) is 8.92. The van der Waals surface area contributed by atoms with Gasteiger partial charge in [-0.15, -0.1) is 0 Å². The number of nitrogens with two attached hydrogens (primary N) is 1. The summed E-state index contributed by atoms with van der Waals surface area (Å²) < 4.78 is 0. The molecule has 1 aliphatic carbocycles. The highest BCUT2D eigenvalue weighted by Gasteiger charge is 2.27. The second-order valence-electron chi connectivity index (χ2n) is 6.58. The minimum atomic E-state index is 0.146. The fourth-order valence-corrected chi connectivity index (χ4v) is 3.56. The monoisotopic (exact) mass is 322 g/mol. The van der Waals surface area contributed by atoms with Gasteiger partial charge in [-0.3, -0.25) is 4.79 Å². The zero-order valence-corrected chi connectivity index (χ0v) is 14.2. The van der Waals surface area contributed by atoms with Crippen LogP contribution in [0.1, 0.15) is 47.2 Å². The molecule has 0 atom stereocenters. The molecule has 0 bridgehead atoms. The molecule has 2 aromatic rings. The van der Waals surface area contributed by atoms with Gasteiger partial charge in [-0.25, -0.2) is 0 Å². The molecule has 3 nitrogen and oxygen atoms in total. The van der Waals surface area contributed by atoms with Crippen molar-refractivity contribution in [2.24, 2.45) is 5.73 Å². The quantitative estimate of drug-likeness (QED) is 0.880. The van der Waals surface area contributed by atoms with Crippen LogP contribution in [0.4, 0.5) is 0 Å². The second kappa shape index (κ2) is 8.11. The van der Waals surface area contributed by atoms with Crippen LogP contribution >= 0.6 is 0 Å². The summed E-state index contributed by atoms with van der Waals surface area (Å²) in [6.07, 6.45) is 5.60. The van der Waals surface area contributed by atoms with E-state index in [1.165, 1.54) is 18.4 Å². The zero-order valence-electron chi connectivity index (χ0n) is 14.2. The van der Waals surface area contributed by atoms with Gasteiger partial charge in [0.25, 0.3) is 5.91 Å². The first-order chi connectivity index (χ1) is 11.8. The van der Waals surface area contributed by atoms with Crippen LogP contribution in [0.3, 0.4) is 0 Å². The van der Waals surface area contributed by atoms with Crippen molar-refractivity contribution in [2.75, 3.05) is 6.54 Å². The van der Waals surface area contributed by atoms with E-state index in [1.807, 2.05) is 30.3 Å². The van der Waals surface area contributed by atoms with E-state index < -0.39 is 0 Å². The molecule has 1 aliphatic rings. The summed E-state index contributed by atoms with van der Waals surface area (Å²) in [5.41, 5.74) is 8.78. The summed E-state index contributed by atoms with van der Waals surface area (Å²) in [5.74, 6) is 0.146. The van der Waals surface area contributed by atoms with Crippen molar-refractivity contribution >= 4 is 5.91 Å². The normalized spacial score (nSPS) is 14.7. The molecular weight excluding hydrogens is 296 g/mol. The molecule has 2 aromatic carbocycles. The van der Waals surface area contributed by atoms with Crippen molar-refractivity contribution < 1.29 is 4.79 Å². The highest BCUT2D eigenvalue weighted by atomic mass is 16.2. The Morgan fingerprint density at radius 1 is 1.00 bits per heavy atom. The number of rotatable bonds is 6. The van der Waals surface area contributed by atoms with Crippen LogP contribution in [0.2, 0.25) is 0 Å². The summed E-state index contributed by atoms with van der Waals surface area (Å²) in [5, 5.41) is 0. The van der Waals surface area contributed by atoms with Crippen LogP contribution < -0.4 is 5.73 Å². The largest absolute Gasteiger partial charge is 0.335 e. The van der Waals surface area contributed by atoms with E-state index in [1.54, 1.807) is 0 Å². The first-order valence-electron chi connectivity index (χ1n) is 8.92. The lowest BCUT2D eigenvalue weighted by Crippen LogP contribution is -2.40. The molecule has 3 rings (SSSR count). The van der Waals surface area contributed by atoms with Crippen LogP contribution in [0.25, 0.3) is 0 Å². The molecule has 1 amide bonds. The smallest absolute Gasteiger partial charge is 0.254 e. The van der Waals surface area contributed by atoms with Crippen LogP contribution in [-0.4, -0.2) is 23.4 Å². The lowest BCUT2D eigenvalue weighted by molar-refractivity contribution is 0.0684. The first kappa shape index (κ1) is 16.7. The topological polar surface area (TPSA) is 46.3 Å². The Kier molecular flexibility index (Phi) is 5.65. The van der Waals surface area contributed by atoms with Crippen molar-refractivity contribution in [3.8, 4) is 0 Å². The second-order valence-corrected chi connectivity index (χ2v) is 6.58. The maximum absolute atomic E-state index is 13.1. The minimum Gasteiger partial charge on any atom is -0.335 e. The SMILES string of the molecule is NCc1cccc(C(=O)N(CCc2ccccc2)C2CCCC2)c1. The Labute approximate surface area is 144 Å². The third-order valence-corrected chi connectivity index (χ3v) is 4.92. The summed E-state index contributed by atoms with van der Waals surface area (Å²) in [4.78, 5) is 15.2. The number of amides is 1. The number of carbonyl (C=O) groups is 1. The number of benzene rings is 2. The van der Waals surface area contributed by atoms with E-state index in [-0.39, 0.29) is 5.91 Å². The van der Waals surface area contributed by atoms with E-state index in [0.717, 1.165) is 36.9 Å². The molecule has 0 heterocycles. The van der Waals surface area contributed by atoms with E-state index in [0.29, 0.717) is 12.6 Å². The van der Waals surface area contributed by atoms with Crippen molar-refractivity contribution in [1.29, 1.82) is 0 Å². The van der Waals surface area contributed by atoms with Gasteiger partial charge in [0.05, 0.1) is 0 Å². The Hall–Kier alpha value is -2.13. The maximum Gasteiger partial charge on any atom is 0.254 e. The minimum absolute atomic E-state index is 0.146. The highest BCUT2D eigenvalue weighted by molar-refractivity contribution is 5.94. The Balaban J connectivity index is 1.77. The Bertz CT molecular complexity index is 663. The van der Waals surface area contributed by atoms with Gasteiger partial charge in [-0.1, -0.05) is 55.3 Å². The van der Waals surface area contributed by atoms with Gasteiger partial charge >= 0.3 is 0 Å². The molecule has 2 N–H and O–H groups in total. The molecule has 0 unspecified atom stereocenters. The van der Waals surface area contributed by atoms with Crippen molar-refractivity contribution in [1.82, 2.24) is 4.90 Å². The predicted molar refractivity (Wildman–Crippen MR) is 97.8 cm³/mol. The Morgan fingerprint density at radius 2 is 1.71 bits per heavy atom. The molecule has 0 aliphatic heterocycles. The van der Waals surface area contributed by atoms with Crippen LogP contribution in [0, 0.1) is 0 Å². The third-order valence-electron chi connectivity index (χ3n) is 4.92. The lowest BCUT2D eigenvalue weighted by Gasteiger charge is -2.29. The van der Waals surface area contributed by atoms with Crippen LogP contribution in [0.15, 0.2) is 54.6 Å². The number of hydrogen-bond acceptors (Lipinski definition) is 2. The summed E-state index contributed by atoms with van der Waals surface area (Å²) in [6.45, 7) is 1.24. The molecule has 0 spiro atoms. The summed E-state index contributed by atoms with van der Waals surface area (Å²) in [6, 6.07) is 18.5. The van der Waals surface area contributed by atoms with Crippen molar-refractivity contribution in [3.63, 3.8) is 0 Å². The molecule has 0 saturated heterocycles. The molecule has 1 saturated carbocycles. The molecule has 1 fully saturated rings. The maximum atomic E-state index is 13.1. The molecular formula is C21H26N2O. The van der Waals surface area contributed by atoms with Gasteiger partial charge in [0, 0.05) is 24.7 Å². The molecule has 0 aromatic heterocycles. The molecule has 126 valence electrons. The lowest BCUT2D eigenvalue weighted by atomic mass is 10.1. The average molecular weight is 322 g/mol. The highest BCUT2D eigenvalue weighted by Crippen LogP contribution is 2.25. The summed E-state index contributed by atoms with van der Waals surface area (Å²) in [7, 11) is 0. The van der Waals surface area contributed by atoms with Crippen LogP contribution in [0.5, 0.6) is 0 Å². The van der Waals surface area contributed by atoms with Gasteiger partial charge in [0.1, 0.15) is 0 Å². The zero-order chi connectivity index (χ0) is 16.8. The van der Waals surface area contributed by atoms with E-state index in [9.17, 15) is 4.79 Å². The molecule has 24 heavy (non-hydrogen) atoms. The van der Waals surface area contributed by atoms with Gasteiger partial charge in [-0.05, 0) is 42.5 Å². The number of carbonyl (C=O) groups excluding carboxylic acids is 1. The van der Waals surface area contributed by atoms with Gasteiger partial charge in [0.2, 0.25) is 0 Å². The van der Waals surface area contributed by atoms with Crippen molar-refractivity contribution in [3.05, 3.63) is 71.3 Å². The standard InChI is InChI=1S/C21H26N2O/c22-16-18-9-6-10-19(15-18)21(24)23(20-11-4-5-12-20)14-13-17-7-2-1-3-8-17/h1-3,6-10,15,20H,4-5,11-14,16,22H2. The van der Waals surface area contributed by atoms with E-state index in [2.05, 4.69) is 29.2 Å².